The number of carbonyl (C=O) groups excluding carboxylic acids is 2. The van der Waals surface area contributed by atoms with E-state index >= 15 is 0 Å². The molecular formula is C20H22N2O3. The number of aryl methyl sites for hydroxylation is 1. The molecule has 2 amide bonds. The molecule has 0 atom stereocenters. The Balaban J connectivity index is 1.46. The average Bonchev–Trinajstić information content (AvgIpc) is 2.64. The number of hydrogen-bond acceptors (Lipinski definition) is 3. The maximum atomic E-state index is 11.8. The SMILES string of the molecule is CN1C(=O)CCc2cc(CCNC(=O)COc3ccccc3)ccc21. The molecule has 0 radical (unpaired) electrons. The van der Waals surface area contributed by atoms with Crippen LogP contribution in [0.2, 0.25) is 0 Å². The number of ether oxygens (including phenoxy) is 1. The topological polar surface area (TPSA) is 58.6 Å². The van der Waals surface area contributed by atoms with E-state index in [0.29, 0.717) is 18.7 Å². The summed E-state index contributed by atoms with van der Waals surface area (Å²) in [4.78, 5) is 25.3. The summed E-state index contributed by atoms with van der Waals surface area (Å²) in [5, 5.41) is 2.87. The van der Waals surface area contributed by atoms with Crippen LogP contribution in [0.15, 0.2) is 48.5 Å². The molecule has 0 saturated carbocycles. The van der Waals surface area contributed by atoms with Crippen LogP contribution in [0, 0.1) is 0 Å². The molecule has 1 N–H and O–H groups in total. The summed E-state index contributed by atoms with van der Waals surface area (Å²) >= 11 is 0. The van der Waals surface area contributed by atoms with Crippen molar-refractivity contribution in [3.05, 3.63) is 59.7 Å². The van der Waals surface area contributed by atoms with E-state index in [4.69, 9.17) is 4.74 Å². The second-order valence-corrected chi connectivity index (χ2v) is 6.12. The molecule has 0 fully saturated rings. The lowest BCUT2D eigenvalue weighted by atomic mass is 9.98. The van der Waals surface area contributed by atoms with Gasteiger partial charge in [0.2, 0.25) is 5.91 Å². The van der Waals surface area contributed by atoms with Crippen molar-refractivity contribution in [2.45, 2.75) is 19.3 Å². The summed E-state index contributed by atoms with van der Waals surface area (Å²) in [6.45, 7) is 0.575. The van der Waals surface area contributed by atoms with Gasteiger partial charge in [-0.15, -0.1) is 0 Å². The quantitative estimate of drug-likeness (QED) is 0.879. The first-order valence-electron chi connectivity index (χ1n) is 8.46. The van der Waals surface area contributed by atoms with Crippen molar-refractivity contribution in [3.8, 4) is 5.75 Å². The van der Waals surface area contributed by atoms with Gasteiger partial charge in [0, 0.05) is 25.7 Å². The average molecular weight is 338 g/mol. The summed E-state index contributed by atoms with van der Waals surface area (Å²) in [6, 6.07) is 15.4. The number of hydrogen-bond donors (Lipinski definition) is 1. The molecule has 0 spiro atoms. The summed E-state index contributed by atoms with van der Waals surface area (Å²) in [7, 11) is 1.81. The fourth-order valence-corrected chi connectivity index (χ4v) is 2.93. The molecule has 1 aliphatic rings. The highest BCUT2D eigenvalue weighted by molar-refractivity contribution is 5.95. The van der Waals surface area contributed by atoms with Gasteiger partial charge >= 0.3 is 0 Å². The van der Waals surface area contributed by atoms with Crippen LogP contribution in [-0.4, -0.2) is 32.0 Å². The van der Waals surface area contributed by atoms with Crippen LogP contribution in [-0.2, 0) is 22.4 Å². The molecule has 0 unspecified atom stereocenters. The second-order valence-electron chi connectivity index (χ2n) is 6.12. The molecular weight excluding hydrogens is 316 g/mol. The minimum Gasteiger partial charge on any atom is -0.484 e. The summed E-state index contributed by atoms with van der Waals surface area (Å²) in [5.74, 6) is 0.712. The first-order chi connectivity index (χ1) is 12.1. The van der Waals surface area contributed by atoms with E-state index in [1.807, 2.05) is 49.5 Å². The van der Waals surface area contributed by atoms with E-state index in [2.05, 4.69) is 11.4 Å². The number of carbonyl (C=O) groups is 2. The van der Waals surface area contributed by atoms with Gasteiger partial charge in [0.15, 0.2) is 6.61 Å². The van der Waals surface area contributed by atoms with Crippen molar-refractivity contribution in [2.75, 3.05) is 25.1 Å². The first-order valence-corrected chi connectivity index (χ1v) is 8.46. The first kappa shape index (κ1) is 17.0. The van der Waals surface area contributed by atoms with Crippen molar-refractivity contribution in [2.24, 2.45) is 0 Å². The number of amides is 2. The van der Waals surface area contributed by atoms with Gasteiger partial charge in [-0.05, 0) is 42.2 Å². The Labute approximate surface area is 147 Å². The third-order valence-corrected chi connectivity index (χ3v) is 4.34. The van der Waals surface area contributed by atoms with Crippen molar-refractivity contribution in [3.63, 3.8) is 0 Å². The lowest BCUT2D eigenvalue weighted by Crippen LogP contribution is -2.31. The molecule has 0 aliphatic carbocycles. The molecule has 25 heavy (non-hydrogen) atoms. The van der Waals surface area contributed by atoms with Gasteiger partial charge in [-0.25, -0.2) is 0 Å². The largest absolute Gasteiger partial charge is 0.484 e. The lowest BCUT2D eigenvalue weighted by Gasteiger charge is -2.26. The minimum absolute atomic E-state index is 0.0150. The van der Waals surface area contributed by atoms with Crippen LogP contribution < -0.4 is 15.0 Å². The number of para-hydroxylation sites is 1. The van der Waals surface area contributed by atoms with E-state index in [1.165, 1.54) is 5.56 Å². The molecule has 0 bridgehead atoms. The monoisotopic (exact) mass is 338 g/mol. The van der Waals surface area contributed by atoms with E-state index < -0.39 is 0 Å². The van der Waals surface area contributed by atoms with Crippen LogP contribution in [0.3, 0.4) is 0 Å². The highest BCUT2D eigenvalue weighted by Gasteiger charge is 2.20. The van der Waals surface area contributed by atoms with Gasteiger partial charge < -0.3 is 15.0 Å². The fraction of sp³-hybridized carbons (Fsp3) is 0.300. The van der Waals surface area contributed by atoms with Gasteiger partial charge in [-0.2, -0.15) is 0 Å². The maximum Gasteiger partial charge on any atom is 0.257 e. The van der Waals surface area contributed by atoms with Crippen LogP contribution in [0.1, 0.15) is 17.5 Å². The Bertz CT molecular complexity index is 759. The van der Waals surface area contributed by atoms with Crippen molar-refractivity contribution >= 4 is 17.5 Å². The highest BCUT2D eigenvalue weighted by Crippen LogP contribution is 2.27. The zero-order valence-corrected chi connectivity index (χ0v) is 14.3. The molecule has 2 aromatic rings. The molecule has 0 aromatic heterocycles. The summed E-state index contributed by atoms with van der Waals surface area (Å²) in [6.07, 6.45) is 2.09. The van der Waals surface area contributed by atoms with Gasteiger partial charge in [0.1, 0.15) is 5.75 Å². The van der Waals surface area contributed by atoms with E-state index in [0.717, 1.165) is 24.1 Å². The van der Waals surface area contributed by atoms with Crippen LogP contribution in [0.25, 0.3) is 0 Å². The predicted molar refractivity (Wildman–Crippen MR) is 96.8 cm³/mol. The number of nitrogens with zero attached hydrogens (tertiary/aromatic N) is 1. The molecule has 130 valence electrons. The highest BCUT2D eigenvalue weighted by atomic mass is 16.5. The molecule has 1 heterocycles. The van der Waals surface area contributed by atoms with Gasteiger partial charge in [-0.3, -0.25) is 9.59 Å². The van der Waals surface area contributed by atoms with Crippen molar-refractivity contribution in [1.82, 2.24) is 5.32 Å². The molecule has 2 aromatic carbocycles. The number of fused-ring (bicyclic) bond motifs is 1. The van der Waals surface area contributed by atoms with Gasteiger partial charge in [0.25, 0.3) is 5.91 Å². The Hall–Kier alpha value is -2.82. The standard InChI is InChI=1S/C20H22N2O3/c1-22-18-9-7-15(13-16(18)8-10-20(22)24)11-12-21-19(23)14-25-17-5-3-2-4-6-17/h2-7,9,13H,8,10-12,14H2,1H3,(H,21,23). The summed E-state index contributed by atoms with van der Waals surface area (Å²) < 4.78 is 5.42. The van der Waals surface area contributed by atoms with E-state index in [1.54, 1.807) is 4.90 Å². The van der Waals surface area contributed by atoms with Gasteiger partial charge in [-0.1, -0.05) is 30.3 Å². The molecule has 0 saturated heterocycles. The Morgan fingerprint density at radius 3 is 2.76 bits per heavy atom. The Morgan fingerprint density at radius 2 is 1.96 bits per heavy atom. The van der Waals surface area contributed by atoms with Crippen LogP contribution in [0.5, 0.6) is 5.75 Å². The second kappa shape index (κ2) is 7.83. The fourth-order valence-electron chi connectivity index (χ4n) is 2.93. The molecule has 3 rings (SSSR count). The third kappa shape index (κ3) is 4.38. The normalized spacial score (nSPS) is 13.3. The predicted octanol–water partition coefficient (Wildman–Crippen LogP) is 2.33. The smallest absolute Gasteiger partial charge is 0.257 e. The van der Waals surface area contributed by atoms with Crippen LogP contribution >= 0.6 is 0 Å². The Kier molecular flexibility index (Phi) is 5.33. The van der Waals surface area contributed by atoms with Gasteiger partial charge in [0.05, 0.1) is 0 Å². The molecule has 5 heteroatoms. The lowest BCUT2D eigenvalue weighted by molar-refractivity contribution is -0.123. The Morgan fingerprint density at radius 1 is 1.16 bits per heavy atom. The van der Waals surface area contributed by atoms with E-state index in [9.17, 15) is 9.59 Å². The van der Waals surface area contributed by atoms with Crippen molar-refractivity contribution < 1.29 is 14.3 Å². The molecule has 1 aliphatic heterocycles. The zero-order valence-electron chi connectivity index (χ0n) is 14.3. The maximum absolute atomic E-state index is 11.8. The summed E-state index contributed by atoms with van der Waals surface area (Å²) in [5.41, 5.74) is 3.34. The van der Waals surface area contributed by atoms with Crippen LogP contribution in [0.4, 0.5) is 5.69 Å². The number of nitrogens with one attached hydrogen (secondary N) is 1. The number of anilines is 1. The minimum atomic E-state index is -0.132. The molecule has 5 nitrogen and oxygen atoms in total. The van der Waals surface area contributed by atoms with E-state index in [-0.39, 0.29) is 18.4 Å². The number of benzene rings is 2. The van der Waals surface area contributed by atoms with Crippen molar-refractivity contribution in [1.29, 1.82) is 0 Å². The third-order valence-electron chi connectivity index (χ3n) is 4.34. The zero-order chi connectivity index (χ0) is 17.6. The number of rotatable bonds is 6.